The molecular weight excluding hydrogens is 290 g/mol. The molecule has 1 atom stereocenters. The SMILES string of the molecule is CCOC(=O)/C=C/C(C)=C/C(C)C(=O)c1ccc(N(C)C)cc1. The Morgan fingerprint density at radius 1 is 1.17 bits per heavy atom. The molecule has 1 unspecified atom stereocenters. The van der Waals surface area contributed by atoms with Crippen LogP contribution in [-0.4, -0.2) is 32.5 Å². The number of anilines is 1. The van der Waals surface area contributed by atoms with Crippen molar-refractivity contribution in [2.24, 2.45) is 5.92 Å². The summed E-state index contributed by atoms with van der Waals surface area (Å²) in [4.78, 5) is 25.7. The van der Waals surface area contributed by atoms with Crippen LogP contribution in [0.3, 0.4) is 0 Å². The number of benzene rings is 1. The van der Waals surface area contributed by atoms with Gasteiger partial charge in [-0.1, -0.05) is 24.6 Å². The van der Waals surface area contributed by atoms with Crippen molar-refractivity contribution in [2.75, 3.05) is 25.6 Å². The first-order chi connectivity index (χ1) is 10.8. The van der Waals surface area contributed by atoms with Gasteiger partial charge in [-0.2, -0.15) is 0 Å². The molecule has 124 valence electrons. The number of ketones is 1. The third kappa shape index (κ3) is 6.10. The van der Waals surface area contributed by atoms with Crippen molar-refractivity contribution in [3.63, 3.8) is 0 Å². The highest BCUT2D eigenvalue weighted by Gasteiger charge is 2.13. The standard InChI is InChI=1S/C19H25NO3/c1-6-23-18(21)12-7-14(2)13-15(3)19(22)16-8-10-17(11-9-16)20(4)5/h7-13,15H,6H2,1-5H3/b12-7+,14-13+. The largest absolute Gasteiger partial charge is 0.463 e. The third-order valence-corrected chi connectivity index (χ3v) is 3.36. The van der Waals surface area contributed by atoms with E-state index >= 15 is 0 Å². The van der Waals surface area contributed by atoms with Gasteiger partial charge in [0.1, 0.15) is 0 Å². The van der Waals surface area contributed by atoms with Gasteiger partial charge >= 0.3 is 5.97 Å². The van der Waals surface area contributed by atoms with Gasteiger partial charge in [0.15, 0.2) is 5.78 Å². The van der Waals surface area contributed by atoms with Crippen LogP contribution in [0.15, 0.2) is 48.1 Å². The summed E-state index contributed by atoms with van der Waals surface area (Å²) in [5.74, 6) is -0.579. The van der Waals surface area contributed by atoms with E-state index in [1.165, 1.54) is 6.08 Å². The molecule has 4 heteroatoms. The fraction of sp³-hybridized carbons (Fsp3) is 0.368. The van der Waals surface area contributed by atoms with E-state index in [1.807, 2.05) is 63.2 Å². The Balaban J connectivity index is 2.75. The highest BCUT2D eigenvalue weighted by atomic mass is 16.5. The van der Waals surface area contributed by atoms with Crippen LogP contribution in [0.2, 0.25) is 0 Å². The molecule has 0 heterocycles. The van der Waals surface area contributed by atoms with Crippen LogP contribution in [-0.2, 0) is 9.53 Å². The van der Waals surface area contributed by atoms with E-state index in [0.717, 1.165) is 11.3 Å². The zero-order valence-electron chi connectivity index (χ0n) is 14.5. The van der Waals surface area contributed by atoms with Crippen molar-refractivity contribution in [3.8, 4) is 0 Å². The van der Waals surface area contributed by atoms with Gasteiger partial charge in [0.2, 0.25) is 0 Å². The lowest BCUT2D eigenvalue weighted by atomic mass is 9.97. The molecule has 1 rings (SSSR count). The van der Waals surface area contributed by atoms with Crippen molar-refractivity contribution in [1.82, 2.24) is 0 Å². The first-order valence-electron chi connectivity index (χ1n) is 7.70. The average molecular weight is 315 g/mol. The van der Waals surface area contributed by atoms with Crippen LogP contribution in [0.5, 0.6) is 0 Å². The molecule has 0 N–H and O–H groups in total. The lowest BCUT2D eigenvalue weighted by Crippen LogP contribution is -2.11. The molecule has 4 nitrogen and oxygen atoms in total. The molecule has 0 amide bonds. The summed E-state index contributed by atoms with van der Waals surface area (Å²) in [6.07, 6.45) is 4.88. The normalized spacial score (nSPS) is 13.0. The predicted octanol–water partition coefficient (Wildman–Crippen LogP) is 3.64. The fourth-order valence-corrected chi connectivity index (χ4v) is 2.10. The van der Waals surface area contributed by atoms with Crippen molar-refractivity contribution < 1.29 is 14.3 Å². The Morgan fingerprint density at radius 2 is 1.78 bits per heavy atom. The molecule has 0 aliphatic heterocycles. The minimum atomic E-state index is -0.376. The van der Waals surface area contributed by atoms with E-state index in [4.69, 9.17) is 4.74 Å². The Morgan fingerprint density at radius 3 is 2.30 bits per heavy atom. The minimum absolute atomic E-state index is 0.0548. The van der Waals surface area contributed by atoms with Crippen molar-refractivity contribution in [2.45, 2.75) is 20.8 Å². The van der Waals surface area contributed by atoms with E-state index in [-0.39, 0.29) is 17.7 Å². The van der Waals surface area contributed by atoms with E-state index in [2.05, 4.69) is 0 Å². The summed E-state index contributed by atoms with van der Waals surface area (Å²) in [5.41, 5.74) is 2.59. The maximum Gasteiger partial charge on any atom is 0.330 e. The summed E-state index contributed by atoms with van der Waals surface area (Å²) in [6.45, 7) is 5.82. The van der Waals surface area contributed by atoms with E-state index < -0.39 is 0 Å². The second-order valence-electron chi connectivity index (χ2n) is 5.59. The topological polar surface area (TPSA) is 46.6 Å². The molecule has 1 aromatic rings. The molecular formula is C19H25NO3. The Bertz CT molecular complexity index is 598. The summed E-state index contributed by atoms with van der Waals surface area (Å²) < 4.78 is 4.82. The van der Waals surface area contributed by atoms with Gasteiger partial charge in [0.25, 0.3) is 0 Å². The number of allylic oxidation sites excluding steroid dienone is 3. The number of esters is 1. The highest BCUT2D eigenvalue weighted by Crippen LogP contribution is 2.17. The van der Waals surface area contributed by atoms with Gasteiger partial charge in [-0.25, -0.2) is 4.79 Å². The molecule has 0 aliphatic rings. The molecule has 0 spiro atoms. The van der Waals surface area contributed by atoms with Crippen LogP contribution >= 0.6 is 0 Å². The number of carbonyl (C=O) groups excluding carboxylic acids is 2. The maximum absolute atomic E-state index is 12.4. The molecule has 0 saturated heterocycles. The average Bonchev–Trinajstić information content (AvgIpc) is 2.52. The lowest BCUT2D eigenvalue weighted by Gasteiger charge is -2.13. The van der Waals surface area contributed by atoms with Gasteiger partial charge in [-0.15, -0.1) is 0 Å². The molecule has 0 radical (unpaired) electrons. The highest BCUT2D eigenvalue weighted by molar-refractivity contribution is 5.99. The number of rotatable bonds is 7. The monoisotopic (exact) mass is 315 g/mol. The van der Waals surface area contributed by atoms with Crippen LogP contribution < -0.4 is 4.90 Å². The number of carbonyl (C=O) groups is 2. The quantitative estimate of drug-likeness (QED) is 0.333. The second-order valence-corrected chi connectivity index (χ2v) is 5.59. The van der Waals surface area contributed by atoms with Crippen molar-refractivity contribution in [3.05, 3.63) is 53.6 Å². The van der Waals surface area contributed by atoms with Gasteiger partial charge in [-0.3, -0.25) is 4.79 Å². The molecule has 1 aromatic carbocycles. The van der Waals surface area contributed by atoms with E-state index in [0.29, 0.717) is 12.2 Å². The second kappa shape index (κ2) is 8.93. The Hall–Kier alpha value is -2.36. The first kappa shape index (κ1) is 18.7. The number of hydrogen-bond donors (Lipinski definition) is 0. The summed E-state index contributed by atoms with van der Waals surface area (Å²) in [5, 5.41) is 0. The van der Waals surface area contributed by atoms with Crippen LogP contribution in [0, 0.1) is 5.92 Å². The molecule has 0 bridgehead atoms. The molecule has 0 fully saturated rings. The van der Waals surface area contributed by atoms with Gasteiger partial charge in [0.05, 0.1) is 6.61 Å². The molecule has 23 heavy (non-hydrogen) atoms. The number of ether oxygens (including phenoxy) is 1. The Kier molecular flexibility index (Phi) is 7.26. The van der Waals surface area contributed by atoms with Crippen molar-refractivity contribution in [1.29, 1.82) is 0 Å². The predicted molar refractivity (Wildman–Crippen MR) is 93.8 cm³/mol. The number of nitrogens with zero attached hydrogens (tertiary/aromatic N) is 1. The maximum atomic E-state index is 12.4. The van der Waals surface area contributed by atoms with Gasteiger partial charge in [0, 0.05) is 37.3 Å². The minimum Gasteiger partial charge on any atom is -0.463 e. The summed E-state index contributed by atoms with van der Waals surface area (Å²) in [6, 6.07) is 7.53. The summed E-state index contributed by atoms with van der Waals surface area (Å²) >= 11 is 0. The molecule has 0 aliphatic carbocycles. The van der Waals surface area contributed by atoms with Crippen LogP contribution in [0.25, 0.3) is 0 Å². The third-order valence-electron chi connectivity index (χ3n) is 3.36. The molecule has 0 saturated carbocycles. The van der Waals surface area contributed by atoms with Crippen LogP contribution in [0.4, 0.5) is 5.69 Å². The van der Waals surface area contributed by atoms with Crippen LogP contribution in [0.1, 0.15) is 31.1 Å². The number of Topliss-reactive ketones (excluding diaryl/α,β-unsaturated/α-hetero) is 1. The Labute approximate surface area is 138 Å². The fourth-order valence-electron chi connectivity index (χ4n) is 2.10. The van der Waals surface area contributed by atoms with Gasteiger partial charge in [-0.05, 0) is 38.1 Å². The van der Waals surface area contributed by atoms with E-state index in [1.54, 1.807) is 13.0 Å². The smallest absolute Gasteiger partial charge is 0.330 e. The zero-order valence-corrected chi connectivity index (χ0v) is 14.5. The first-order valence-corrected chi connectivity index (χ1v) is 7.70. The number of hydrogen-bond acceptors (Lipinski definition) is 4. The zero-order chi connectivity index (χ0) is 17.4. The van der Waals surface area contributed by atoms with E-state index in [9.17, 15) is 9.59 Å². The van der Waals surface area contributed by atoms with Crippen molar-refractivity contribution >= 4 is 17.4 Å². The summed E-state index contributed by atoms with van der Waals surface area (Å²) in [7, 11) is 3.92. The lowest BCUT2D eigenvalue weighted by molar-refractivity contribution is -0.137. The van der Waals surface area contributed by atoms with Gasteiger partial charge < -0.3 is 9.64 Å². The molecule has 0 aromatic heterocycles.